The SMILES string of the molecule is Cl.NC(N)=NN=Cc1c([N+](=O)[O-])ccc(Br)c1[N+](=O)[O-]. The van der Waals surface area contributed by atoms with E-state index < -0.39 is 21.2 Å². The lowest BCUT2D eigenvalue weighted by Crippen LogP contribution is -2.21. The van der Waals surface area contributed by atoms with E-state index in [2.05, 4.69) is 26.1 Å². The Labute approximate surface area is 126 Å². The molecule has 0 saturated heterocycles. The van der Waals surface area contributed by atoms with Crippen LogP contribution in [0.4, 0.5) is 11.4 Å². The van der Waals surface area contributed by atoms with Crippen LogP contribution in [0, 0.1) is 20.2 Å². The van der Waals surface area contributed by atoms with Crippen molar-refractivity contribution in [2.45, 2.75) is 0 Å². The number of hydrogen-bond acceptors (Lipinski definition) is 6. The van der Waals surface area contributed by atoms with Crippen molar-refractivity contribution in [1.82, 2.24) is 0 Å². The molecule has 0 heterocycles. The Morgan fingerprint density at radius 1 is 1.25 bits per heavy atom. The van der Waals surface area contributed by atoms with E-state index in [0.29, 0.717) is 0 Å². The molecule has 0 aliphatic heterocycles. The predicted octanol–water partition coefficient (Wildman–Crippen LogP) is 1.29. The minimum Gasteiger partial charge on any atom is -0.369 e. The monoisotopic (exact) mass is 366 g/mol. The summed E-state index contributed by atoms with van der Waals surface area (Å²) >= 11 is 2.94. The van der Waals surface area contributed by atoms with E-state index >= 15 is 0 Å². The van der Waals surface area contributed by atoms with E-state index in [9.17, 15) is 20.2 Å². The molecule has 4 N–H and O–H groups in total. The standard InChI is InChI=1S/C8H7BrN6O4.ClH/c9-5-1-2-6(14(16)17)4(7(5)15(18)19)3-12-13-8(10)11;/h1-3H,(H4,10,11,13);1H. The van der Waals surface area contributed by atoms with Crippen LogP contribution >= 0.6 is 28.3 Å². The Morgan fingerprint density at radius 2 is 1.85 bits per heavy atom. The lowest BCUT2D eigenvalue weighted by Gasteiger charge is -2.00. The average Bonchev–Trinajstić information content (AvgIpc) is 2.27. The van der Waals surface area contributed by atoms with Gasteiger partial charge in [-0.15, -0.1) is 17.5 Å². The quantitative estimate of drug-likeness (QED) is 0.352. The molecular formula is C8H8BrClN6O4. The van der Waals surface area contributed by atoms with Gasteiger partial charge in [0.25, 0.3) is 11.4 Å². The number of nitrogens with zero attached hydrogens (tertiary/aromatic N) is 4. The number of nitro groups is 2. The molecule has 108 valence electrons. The van der Waals surface area contributed by atoms with Crippen LogP contribution in [0.15, 0.2) is 26.8 Å². The van der Waals surface area contributed by atoms with Crippen molar-refractivity contribution in [3.05, 3.63) is 42.4 Å². The second-order valence-corrected chi connectivity index (χ2v) is 3.97. The molecule has 0 unspecified atom stereocenters. The molecule has 0 saturated carbocycles. The topological polar surface area (TPSA) is 163 Å². The fourth-order valence-corrected chi connectivity index (χ4v) is 1.69. The molecular weight excluding hydrogens is 359 g/mol. The highest BCUT2D eigenvalue weighted by molar-refractivity contribution is 9.10. The highest BCUT2D eigenvalue weighted by Crippen LogP contribution is 2.33. The first kappa shape index (κ1) is 17.7. The van der Waals surface area contributed by atoms with Crippen molar-refractivity contribution in [2.75, 3.05) is 0 Å². The molecule has 0 aromatic heterocycles. The van der Waals surface area contributed by atoms with Crippen LogP contribution in [-0.4, -0.2) is 22.0 Å². The summed E-state index contributed by atoms with van der Waals surface area (Å²) in [6.45, 7) is 0. The van der Waals surface area contributed by atoms with Crippen LogP contribution < -0.4 is 11.5 Å². The van der Waals surface area contributed by atoms with Crippen molar-refractivity contribution in [3.63, 3.8) is 0 Å². The van der Waals surface area contributed by atoms with E-state index in [1.165, 1.54) is 6.07 Å². The minimum absolute atomic E-state index is 0. The number of hydrogen-bond donors (Lipinski definition) is 2. The van der Waals surface area contributed by atoms with E-state index in [0.717, 1.165) is 12.3 Å². The molecule has 0 amide bonds. The van der Waals surface area contributed by atoms with Crippen LogP contribution in [0.1, 0.15) is 5.56 Å². The minimum atomic E-state index is -0.770. The lowest BCUT2D eigenvalue weighted by molar-refractivity contribution is -0.394. The van der Waals surface area contributed by atoms with Gasteiger partial charge < -0.3 is 11.5 Å². The molecule has 0 atom stereocenters. The summed E-state index contributed by atoms with van der Waals surface area (Å²) in [7, 11) is 0. The van der Waals surface area contributed by atoms with Gasteiger partial charge in [-0.25, -0.2) is 0 Å². The summed E-state index contributed by atoms with van der Waals surface area (Å²) < 4.78 is 0.0780. The molecule has 0 fully saturated rings. The first-order chi connectivity index (χ1) is 8.84. The second-order valence-electron chi connectivity index (χ2n) is 3.11. The number of guanidine groups is 1. The van der Waals surface area contributed by atoms with E-state index in [4.69, 9.17) is 11.5 Å². The fourth-order valence-electron chi connectivity index (χ4n) is 1.20. The van der Waals surface area contributed by atoms with Gasteiger partial charge in [-0.3, -0.25) is 20.2 Å². The zero-order chi connectivity index (χ0) is 14.6. The van der Waals surface area contributed by atoms with Crippen molar-refractivity contribution >= 4 is 51.9 Å². The fraction of sp³-hybridized carbons (Fsp3) is 0. The van der Waals surface area contributed by atoms with Crippen LogP contribution in [0.2, 0.25) is 0 Å². The highest BCUT2D eigenvalue weighted by Gasteiger charge is 2.26. The molecule has 12 heteroatoms. The molecule has 1 aromatic rings. The maximum atomic E-state index is 10.9. The maximum absolute atomic E-state index is 10.9. The number of rotatable bonds is 4. The second kappa shape index (κ2) is 7.35. The summed E-state index contributed by atoms with van der Waals surface area (Å²) in [5, 5.41) is 28.3. The lowest BCUT2D eigenvalue weighted by atomic mass is 10.1. The van der Waals surface area contributed by atoms with Gasteiger partial charge in [0.15, 0.2) is 5.56 Å². The van der Waals surface area contributed by atoms with E-state index in [1.807, 2.05) is 0 Å². The van der Waals surface area contributed by atoms with Crippen molar-refractivity contribution in [1.29, 1.82) is 0 Å². The summed E-state index contributed by atoms with van der Waals surface area (Å²) in [6, 6.07) is 2.31. The predicted molar refractivity (Wildman–Crippen MR) is 78.1 cm³/mol. The van der Waals surface area contributed by atoms with Gasteiger partial charge in [-0.1, -0.05) is 0 Å². The first-order valence-electron chi connectivity index (χ1n) is 4.58. The average molecular weight is 368 g/mol. The molecule has 0 spiro atoms. The number of benzene rings is 1. The summed E-state index contributed by atoms with van der Waals surface area (Å²) in [4.78, 5) is 20.2. The third-order valence-corrected chi connectivity index (χ3v) is 2.52. The number of nitro benzene ring substituents is 2. The molecule has 0 aliphatic carbocycles. The third-order valence-electron chi connectivity index (χ3n) is 1.88. The Kier molecular flexibility index (Phi) is 6.52. The molecule has 10 nitrogen and oxygen atoms in total. The first-order valence-corrected chi connectivity index (χ1v) is 5.37. The zero-order valence-electron chi connectivity index (χ0n) is 9.59. The molecule has 0 bridgehead atoms. The number of halogens is 2. The molecule has 20 heavy (non-hydrogen) atoms. The van der Waals surface area contributed by atoms with Crippen LogP contribution in [0.5, 0.6) is 0 Å². The maximum Gasteiger partial charge on any atom is 0.299 e. The summed E-state index contributed by atoms with van der Waals surface area (Å²) in [6.07, 6.45) is 0.848. The van der Waals surface area contributed by atoms with E-state index in [1.54, 1.807) is 0 Å². The molecule has 1 aromatic carbocycles. The van der Waals surface area contributed by atoms with Crippen LogP contribution in [0.25, 0.3) is 0 Å². The van der Waals surface area contributed by atoms with Gasteiger partial charge >= 0.3 is 0 Å². The number of nitrogens with two attached hydrogens (primary N) is 2. The van der Waals surface area contributed by atoms with Gasteiger partial charge in [0.05, 0.1) is 20.5 Å². The molecule has 1 rings (SSSR count). The Morgan fingerprint density at radius 3 is 2.30 bits per heavy atom. The van der Waals surface area contributed by atoms with Crippen molar-refractivity contribution in [2.24, 2.45) is 21.7 Å². The largest absolute Gasteiger partial charge is 0.369 e. The van der Waals surface area contributed by atoms with Crippen molar-refractivity contribution in [3.8, 4) is 0 Å². The Hall–Kier alpha value is -2.27. The van der Waals surface area contributed by atoms with E-state index in [-0.39, 0.29) is 28.4 Å². The Balaban J connectivity index is 0.00000361. The van der Waals surface area contributed by atoms with Gasteiger partial charge in [0.1, 0.15) is 0 Å². The molecule has 0 aliphatic rings. The summed E-state index contributed by atoms with van der Waals surface area (Å²) in [5.74, 6) is -0.378. The normalized spacial score (nSPS) is 9.85. The zero-order valence-corrected chi connectivity index (χ0v) is 12.0. The highest BCUT2D eigenvalue weighted by atomic mass is 79.9. The van der Waals surface area contributed by atoms with Crippen LogP contribution in [-0.2, 0) is 0 Å². The third kappa shape index (κ3) is 4.13. The smallest absolute Gasteiger partial charge is 0.299 e. The van der Waals surface area contributed by atoms with Crippen LogP contribution in [0.3, 0.4) is 0 Å². The molecule has 0 radical (unpaired) electrons. The van der Waals surface area contributed by atoms with Crippen molar-refractivity contribution < 1.29 is 9.85 Å². The van der Waals surface area contributed by atoms with Gasteiger partial charge in [0.2, 0.25) is 5.96 Å². The Bertz CT molecular complexity index is 601. The van der Waals surface area contributed by atoms with Gasteiger partial charge in [-0.2, -0.15) is 5.10 Å². The summed E-state index contributed by atoms with van der Waals surface area (Å²) in [5.41, 5.74) is 8.75. The van der Waals surface area contributed by atoms with Gasteiger partial charge in [-0.05, 0) is 22.0 Å². The van der Waals surface area contributed by atoms with Gasteiger partial charge in [0, 0.05) is 6.07 Å².